The van der Waals surface area contributed by atoms with Gasteiger partial charge in [-0.05, 0) is 24.5 Å². The molecule has 3 rings (SSSR count). The van der Waals surface area contributed by atoms with Gasteiger partial charge in [0.25, 0.3) is 0 Å². The van der Waals surface area contributed by atoms with Gasteiger partial charge >= 0.3 is 0 Å². The molecule has 0 radical (unpaired) electrons. The van der Waals surface area contributed by atoms with Crippen LogP contribution in [0.2, 0.25) is 0 Å². The van der Waals surface area contributed by atoms with Crippen molar-refractivity contribution in [2.24, 2.45) is 0 Å². The zero-order valence-electron chi connectivity index (χ0n) is 9.29. The van der Waals surface area contributed by atoms with Crippen molar-refractivity contribution >= 4 is 16.8 Å². The van der Waals surface area contributed by atoms with Crippen LogP contribution in [-0.2, 0) is 11.2 Å². The number of H-pyrrole nitrogens is 1. The van der Waals surface area contributed by atoms with E-state index in [-0.39, 0.29) is 11.7 Å². The van der Waals surface area contributed by atoms with E-state index in [9.17, 15) is 9.18 Å². The number of para-hydroxylation sites is 1. The molecule has 1 heterocycles. The molecule has 0 aliphatic heterocycles. The molecule has 4 heteroatoms. The maximum atomic E-state index is 13.4. The fourth-order valence-electron chi connectivity index (χ4n) is 2.00. The quantitative estimate of drug-likeness (QED) is 0.836. The standard InChI is InChI=1S/C13H13FN2O/c14-11-3-1-2-10-8(7-15-13(10)11)6-12(17)16-9-4-5-9/h1-3,7,9,15H,4-6H2,(H,16,17). The summed E-state index contributed by atoms with van der Waals surface area (Å²) >= 11 is 0. The lowest BCUT2D eigenvalue weighted by Gasteiger charge is -2.02. The third kappa shape index (κ3) is 2.02. The Morgan fingerprint density at radius 2 is 2.29 bits per heavy atom. The fourth-order valence-corrected chi connectivity index (χ4v) is 2.00. The first-order valence-corrected chi connectivity index (χ1v) is 5.78. The Morgan fingerprint density at radius 3 is 3.06 bits per heavy atom. The van der Waals surface area contributed by atoms with Crippen LogP contribution in [0.15, 0.2) is 24.4 Å². The number of carbonyl (C=O) groups is 1. The number of hydrogen-bond donors (Lipinski definition) is 2. The average Bonchev–Trinajstić information content (AvgIpc) is 3.00. The summed E-state index contributed by atoms with van der Waals surface area (Å²) in [5.74, 6) is -0.269. The van der Waals surface area contributed by atoms with Gasteiger partial charge in [0.1, 0.15) is 5.82 Å². The van der Waals surface area contributed by atoms with E-state index in [1.54, 1.807) is 12.3 Å². The number of halogens is 1. The molecule has 1 aromatic heterocycles. The molecular formula is C13H13FN2O. The highest BCUT2D eigenvalue weighted by Gasteiger charge is 2.23. The van der Waals surface area contributed by atoms with Gasteiger partial charge in [-0.15, -0.1) is 0 Å². The molecule has 17 heavy (non-hydrogen) atoms. The van der Waals surface area contributed by atoms with Gasteiger partial charge in [-0.3, -0.25) is 4.79 Å². The SMILES string of the molecule is O=C(Cc1c[nH]c2c(F)cccc12)NC1CC1. The van der Waals surface area contributed by atoms with Crippen LogP contribution in [0.1, 0.15) is 18.4 Å². The molecule has 1 amide bonds. The van der Waals surface area contributed by atoms with Gasteiger partial charge < -0.3 is 10.3 Å². The lowest BCUT2D eigenvalue weighted by Crippen LogP contribution is -2.26. The predicted molar refractivity (Wildman–Crippen MR) is 63.1 cm³/mol. The lowest BCUT2D eigenvalue weighted by molar-refractivity contribution is -0.120. The molecule has 1 aromatic carbocycles. The van der Waals surface area contributed by atoms with Gasteiger partial charge in [-0.2, -0.15) is 0 Å². The molecule has 2 N–H and O–H groups in total. The van der Waals surface area contributed by atoms with Crippen molar-refractivity contribution in [1.29, 1.82) is 0 Å². The molecular weight excluding hydrogens is 219 g/mol. The maximum absolute atomic E-state index is 13.4. The Labute approximate surface area is 98.0 Å². The highest BCUT2D eigenvalue weighted by molar-refractivity contribution is 5.89. The third-order valence-electron chi connectivity index (χ3n) is 3.04. The van der Waals surface area contributed by atoms with Crippen LogP contribution in [0.25, 0.3) is 10.9 Å². The topological polar surface area (TPSA) is 44.9 Å². The monoisotopic (exact) mass is 232 g/mol. The number of aromatic nitrogens is 1. The highest BCUT2D eigenvalue weighted by atomic mass is 19.1. The lowest BCUT2D eigenvalue weighted by atomic mass is 10.1. The average molecular weight is 232 g/mol. The second-order valence-corrected chi connectivity index (χ2v) is 4.49. The van der Waals surface area contributed by atoms with E-state index < -0.39 is 0 Å². The fraction of sp³-hybridized carbons (Fsp3) is 0.308. The second kappa shape index (κ2) is 3.87. The summed E-state index contributed by atoms with van der Waals surface area (Å²) in [4.78, 5) is 14.5. The number of hydrogen-bond acceptors (Lipinski definition) is 1. The smallest absolute Gasteiger partial charge is 0.224 e. The van der Waals surface area contributed by atoms with Crippen LogP contribution >= 0.6 is 0 Å². The summed E-state index contributed by atoms with van der Waals surface area (Å²) in [5, 5.41) is 3.71. The first kappa shape index (κ1) is 10.3. The number of amides is 1. The minimum absolute atomic E-state index is 0.0117. The van der Waals surface area contributed by atoms with Gasteiger partial charge in [0.05, 0.1) is 11.9 Å². The number of rotatable bonds is 3. The maximum Gasteiger partial charge on any atom is 0.224 e. The number of nitrogens with one attached hydrogen (secondary N) is 2. The van der Waals surface area contributed by atoms with Gasteiger partial charge in [0.2, 0.25) is 5.91 Å². The number of benzene rings is 1. The molecule has 1 saturated carbocycles. The zero-order valence-corrected chi connectivity index (χ0v) is 9.29. The Balaban J connectivity index is 1.84. The van der Waals surface area contributed by atoms with E-state index in [0.29, 0.717) is 18.0 Å². The van der Waals surface area contributed by atoms with Crippen molar-refractivity contribution in [3.8, 4) is 0 Å². The van der Waals surface area contributed by atoms with E-state index in [2.05, 4.69) is 10.3 Å². The Kier molecular flexibility index (Phi) is 2.35. The van der Waals surface area contributed by atoms with Crippen molar-refractivity contribution in [2.75, 3.05) is 0 Å². The molecule has 1 aliphatic carbocycles. The molecule has 0 atom stereocenters. The second-order valence-electron chi connectivity index (χ2n) is 4.49. The van der Waals surface area contributed by atoms with Crippen molar-refractivity contribution < 1.29 is 9.18 Å². The minimum Gasteiger partial charge on any atom is -0.359 e. The predicted octanol–water partition coefficient (Wildman–Crippen LogP) is 2.13. The summed E-state index contributed by atoms with van der Waals surface area (Å²) < 4.78 is 13.4. The number of aromatic amines is 1. The van der Waals surface area contributed by atoms with Crippen LogP contribution in [0, 0.1) is 5.82 Å². The zero-order chi connectivity index (χ0) is 11.8. The van der Waals surface area contributed by atoms with E-state index in [1.807, 2.05) is 6.07 Å². The van der Waals surface area contributed by atoms with E-state index in [1.165, 1.54) is 6.07 Å². The summed E-state index contributed by atoms with van der Waals surface area (Å²) in [6.45, 7) is 0. The van der Waals surface area contributed by atoms with Crippen molar-refractivity contribution in [3.63, 3.8) is 0 Å². The van der Waals surface area contributed by atoms with Gasteiger partial charge in [-0.1, -0.05) is 12.1 Å². The third-order valence-corrected chi connectivity index (χ3v) is 3.04. The minimum atomic E-state index is -0.281. The van der Waals surface area contributed by atoms with Crippen LogP contribution in [0.5, 0.6) is 0 Å². The Hall–Kier alpha value is -1.84. The highest BCUT2D eigenvalue weighted by Crippen LogP contribution is 2.22. The van der Waals surface area contributed by atoms with Crippen LogP contribution < -0.4 is 5.32 Å². The molecule has 0 bridgehead atoms. The molecule has 88 valence electrons. The molecule has 3 nitrogen and oxygen atoms in total. The Bertz CT molecular complexity index is 572. The molecule has 2 aromatic rings. The van der Waals surface area contributed by atoms with Crippen LogP contribution in [-0.4, -0.2) is 16.9 Å². The summed E-state index contributed by atoms with van der Waals surface area (Å²) in [5.41, 5.74) is 1.32. The van der Waals surface area contributed by atoms with E-state index >= 15 is 0 Å². The molecule has 0 unspecified atom stereocenters. The van der Waals surface area contributed by atoms with Gasteiger partial charge in [0.15, 0.2) is 0 Å². The van der Waals surface area contributed by atoms with Crippen molar-refractivity contribution in [1.82, 2.24) is 10.3 Å². The van der Waals surface area contributed by atoms with Crippen molar-refractivity contribution in [2.45, 2.75) is 25.3 Å². The number of carbonyl (C=O) groups excluding carboxylic acids is 1. The largest absolute Gasteiger partial charge is 0.359 e. The van der Waals surface area contributed by atoms with Gasteiger partial charge in [-0.25, -0.2) is 4.39 Å². The van der Waals surface area contributed by atoms with E-state index in [4.69, 9.17) is 0 Å². The summed E-state index contributed by atoms with van der Waals surface area (Å²) in [7, 11) is 0. The first-order chi connectivity index (χ1) is 8.24. The van der Waals surface area contributed by atoms with E-state index in [0.717, 1.165) is 23.8 Å². The van der Waals surface area contributed by atoms with Gasteiger partial charge in [0, 0.05) is 17.6 Å². The molecule has 0 spiro atoms. The van der Waals surface area contributed by atoms with Crippen LogP contribution in [0.3, 0.4) is 0 Å². The molecule has 0 saturated heterocycles. The number of fused-ring (bicyclic) bond motifs is 1. The molecule has 1 fully saturated rings. The normalized spacial score (nSPS) is 15.1. The van der Waals surface area contributed by atoms with Crippen molar-refractivity contribution in [3.05, 3.63) is 35.8 Å². The summed E-state index contributed by atoms with van der Waals surface area (Å²) in [6.07, 6.45) is 4.17. The van der Waals surface area contributed by atoms with Crippen LogP contribution in [0.4, 0.5) is 4.39 Å². The Morgan fingerprint density at radius 1 is 1.47 bits per heavy atom. The summed E-state index contributed by atoms with van der Waals surface area (Å²) in [6, 6.07) is 5.26. The first-order valence-electron chi connectivity index (χ1n) is 5.78. The molecule has 1 aliphatic rings.